The van der Waals surface area contributed by atoms with Crippen LogP contribution in [0, 0.1) is 17.6 Å². The molecule has 0 aromatic heterocycles. The molecule has 180 valence electrons. The smallest absolute Gasteiger partial charge is 0.308 e. The van der Waals surface area contributed by atoms with Crippen molar-refractivity contribution in [1.82, 2.24) is 10.2 Å². The first-order valence-corrected chi connectivity index (χ1v) is 10.9. The Kier molecular flexibility index (Phi) is 8.66. The number of esters is 1. The highest BCUT2D eigenvalue weighted by molar-refractivity contribution is 5.94. The van der Waals surface area contributed by atoms with E-state index in [0.29, 0.717) is 32.0 Å². The van der Waals surface area contributed by atoms with Crippen LogP contribution in [-0.4, -0.2) is 54.8 Å². The molecule has 2 N–H and O–H groups in total. The van der Waals surface area contributed by atoms with Crippen molar-refractivity contribution in [3.8, 4) is 0 Å². The van der Waals surface area contributed by atoms with Crippen LogP contribution in [0.25, 0.3) is 0 Å². The van der Waals surface area contributed by atoms with E-state index in [1.807, 2.05) is 18.2 Å². The normalized spacial score (nSPS) is 13.8. The second-order valence-electron chi connectivity index (χ2n) is 7.80. The number of carbonyl (C=O) groups is 4. The average Bonchev–Trinajstić information content (AvgIpc) is 2.83. The first kappa shape index (κ1) is 24.8. The molecule has 2 aromatic carbocycles. The summed E-state index contributed by atoms with van der Waals surface area (Å²) in [4.78, 5) is 50.0. The van der Waals surface area contributed by atoms with E-state index >= 15 is 0 Å². The lowest BCUT2D eigenvalue weighted by Gasteiger charge is -2.31. The molecule has 0 saturated carbocycles. The molecule has 0 aliphatic carbocycles. The van der Waals surface area contributed by atoms with Crippen molar-refractivity contribution in [1.29, 1.82) is 0 Å². The molecule has 0 spiro atoms. The fourth-order valence-corrected chi connectivity index (χ4v) is 3.51. The molecule has 3 rings (SSSR count). The number of rotatable bonds is 8. The summed E-state index contributed by atoms with van der Waals surface area (Å²) in [5.41, 5.74) is 0.378. The van der Waals surface area contributed by atoms with Crippen LogP contribution in [0.3, 0.4) is 0 Å². The van der Waals surface area contributed by atoms with Crippen molar-refractivity contribution < 1.29 is 32.7 Å². The molecule has 8 nitrogen and oxygen atoms in total. The molecule has 0 atom stereocenters. The van der Waals surface area contributed by atoms with Gasteiger partial charge in [0.15, 0.2) is 6.61 Å². The van der Waals surface area contributed by atoms with Gasteiger partial charge in [-0.3, -0.25) is 19.2 Å². The molecule has 34 heavy (non-hydrogen) atoms. The van der Waals surface area contributed by atoms with Gasteiger partial charge in [0.2, 0.25) is 5.91 Å². The van der Waals surface area contributed by atoms with Gasteiger partial charge in [0.1, 0.15) is 11.6 Å². The predicted octanol–water partition coefficient (Wildman–Crippen LogP) is 2.51. The molecule has 3 amide bonds. The second-order valence-corrected chi connectivity index (χ2v) is 7.80. The van der Waals surface area contributed by atoms with Crippen molar-refractivity contribution in [2.24, 2.45) is 5.92 Å². The molecule has 0 bridgehead atoms. The van der Waals surface area contributed by atoms with E-state index in [1.165, 1.54) is 0 Å². The van der Waals surface area contributed by atoms with Gasteiger partial charge in [0, 0.05) is 37.3 Å². The van der Waals surface area contributed by atoms with Crippen LogP contribution in [-0.2, 0) is 19.1 Å². The van der Waals surface area contributed by atoms with Gasteiger partial charge in [-0.2, -0.15) is 0 Å². The number of anilines is 1. The fraction of sp³-hybridized carbons (Fsp3) is 0.333. The number of halogens is 2. The summed E-state index contributed by atoms with van der Waals surface area (Å²) >= 11 is 0. The van der Waals surface area contributed by atoms with Crippen LogP contribution < -0.4 is 10.6 Å². The Morgan fingerprint density at radius 3 is 2.38 bits per heavy atom. The van der Waals surface area contributed by atoms with Crippen LogP contribution in [0.4, 0.5) is 14.5 Å². The van der Waals surface area contributed by atoms with E-state index in [-0.39, 0.29) is 36.3 Å². The molecular weight excluding hydrogens is 448 g/mol. The number of piperidine rings is 1. The molecule has 10 heteroatoms. The summed E-state index contributed by atoms with van der Waals surface area (Å²) in [6, 6.07) is 11.7. The third-order valence-electron chi connectivity index (χ3n) is 5.41. The van der Waals surface area contributed by atoms with Crippen LogP contribution in [0.2, 0.25) is 0 Å². The maximum absolute atomic E-state index is 13.6. The first-order valence-electron chi connectivity index (χ1n) is 10.9. The lowest BCUT2D eigenvalue weighted by Crippen LogP contribution is -2.43. The van der Waals surface area contributed by atoms with E-state index < -0.39 is 30.1 Å². The molecule has 1 saturated heterocycles. The number of benzene rings is 2. The van der Waals surface area contributed by atoms with Crippen LogP contribution in [0.15, 0.2) is 48.5 Å². The molecular formula is C24H25F2N3O5. The number of ether oxygens (including phenoxy) is 1. The number of likely N-dealkylation sites (tertiary alicyclic amines) is 1. The van der Waals surface area contributed by atoms with Crippen LogP contribution in [0.5, 0.6) is 0 Å². The van der Waals surface area contributed by atoms with Crippen molar-refractivity contribution in [2.75, 3.05) is 31.6 Å². The zero-order valence-electron chi connectivity index (χ0n) is 18.4. The topological polar surface area (TPSA) is 105 Å². The molecule has 1 aliphatic rings. The number of nitrogens with zero attached hydrogens (tertiary/aromatic N) is 1. The van der Waals surface area contributed by atoms with Crippen molar-refractivity contribution in [3.05, 3.63) is 65.7 Å². The predicted molar refractivity (Wildman–Crippen MR) is 119 cm³/mol. The van der Waals surface area contributed by atoms with Crippen molar-refractivity contribution >= 4 is 29.4 Å². The van der Waals surface area contributed by atoms with Crippen LogP contribution >= 0.6 is 0 Å². The van der Waals surface area contributed by atoms with Gasteiger partial charge in [0.25, 0.3) is 11.8 Å². The van der Waals surface area contributed by atoms with Gasteiger partial charge in [-0.15, -0.1) is 0 Å². The van der Waals surface area contributed by atoms with Gasteiger partial charge in [-0.05, 0) is 37.1 Å². The standard InChI is InChI=1S/C24H25F2N3O5/c25-17-6-7-19(20(26)14-17)24(33)27-11-8-22(31)34-15-21(30)29-12-9-16(10-13-29)23(32)28-18-4-2-1-3-5-18/h1-7,14,16H,8-13,15H2,(H,27,33)(H,28,32). The highest BCUT2D eigenvalue weighted by Gasteiger charge is 2.27. The largest absolute Gasteiger partial charge is 0.456 e. The zero-order valence-corrected chi connectivity index (χ0v) is 18.4. The SMILES string of the molecule is O=C(CCNC(=O)c1ccc(F)cc1F)OCC(=O)N1CCC(C(=O)Nc2ccccc2)CC1. The Morgan fingerprint density at radius 1 is 1.00 bits per heavy atom. The molecule has 2 aromatic rings. The summed E-state index contributed by atoms with van der Waals surface area (Å²) in [5, 5.41) is 5.20. The molecule has 0 radical (unpaired) electrons. The summed E-state index contributed by atoms with van der Waals surface area (Å²) in [6.45, 7) is 0.177. The Balaban J connectivity index is 1.32. The lowest BCUT2D eigenvalue weighted by molar-refractivity contribution is -0.152. The van der Waals surface area contributed by atoms with Gasteiger partial charge < -0.3 is 20.3 Å². The number of carbonyl (C=O) groups excluding carboxylic acids is 4. The summed E-state index contributed by atoms with van der Waals surface area (Å²) in [5.74, 6) is -3.97. The number of para-hydroxylation sites is 1. The minimum atomic E-state index is -1.01. The highest BCUT2D eigenvalue weighted by atomic mass is 19.1. The maximum atomic E-state index is 13.6. The minimum Gasteiger partial charge on any atom is -0.456 e. The zero-order chi connectivity index (χ0) is 24.5. The van der Waals surface area contributed by atoms with Gasteiger partial charge in [-0.25, -0.2) is 8.78 Å². The Labute approximate surface area is 195 Å². The molecule has 1 fully saturated rings. The third kappa shape index (κ3) is 7.09. The van der Waals surface area contributed by atoms with E-state index in [0.717, 1.165) is 17.8 Å². The van der Waals surface area contributed by atoms with E-state index in [4.69, 9.17) is 4.74 Å². The van der Waals surface area contributed by atoms with Crippen LogP contribution in [0.1, 0.15) is 29.6 Å². The fourth-order valence-electron chi connectivity index (χ4n) is 3.51. The van der Waals surface area contributed by atoms with E-state index in [2.05, 4.69) is 10.6 Å². The molecule has 1 aliphatic heterocycles. The number of nitrogens with one attached hydrogen (secondary N) is 2. The first-order chi connectivity index (χ1) is 16.3. The number of hydrogen-bond donors (Lipinski definition) is 2. The molecule has 0 unspecified atom stereocenters. The summed E-state index contributed by atoms with van der Waals surface area (Å²) < 4.78 is 31.4. The maximum Gasteiger partial charge on any atom is 0.308 e. The summed E-state index contributed by atoms with van der Waals surface area (Å²) in [7, 11) is 0. The van der Waals surface area contributed by atoms with E-state index in [9.17, 15) is 28.0 Å². The Morgan fingerprint density at radius 2 is 1.71 bits per heavy atom. The molecule has 1 heterocycles. The lowest BCUT2D eigenvalue weighted by atomic mass is 9.95. The minimum absolute atomic E-state index is 0.0905. The third-order valence-corrected chi connectivity index (χ3v) is 5.41. The Hall–Kier alpha value is -3.82. The van der Waals surface area contributed by atoms with Crippen molar-refractivity contribution in [2.45, 2.75) is 19.3 Å². The average molecular weight is 473 g/mol. The van der Waals surface area contributed by atoms with Crippen molar-refractivity contribution in [3.63, 3.8) is 0 Å². The Bertz CT molecular complexity index is 1040. The van der Waals surface area contributed by atoms with Gasteiger partial charge in [0.05, 0.1) is 12.0 Å². The number of amides is 3. The quantitative estimate of drug-likeness (QED) is 0.574. The monoisotopic (exact) mass is 473 g/mol. The second kappa shape index (κ2) is 11.9. The summed E-state index contributed by atoms with van der Waals surface area (Å²) in [6.07, 6.45) is 0.790. The van der Waals surface area contributed by atoms with E-state index in [1.54, 1.807) is 17.0 Å². The van der Waals surface area contributed by atoms with Gasteiger partial charge >= 0.3 is 5.97 Å². The van der Waals surface area contributed by atoms with Gasteiger partial charge in [-0.1, -0.05) is 18.2 Å². The highest BCUT2D eigenvalue weighted by Crippen LogP contribution is 2.19. The number of hydrogen-bond acceptors (Lipinski definition) is 5.